The third-order valence-electron chi connectivity index (χ3n) is 0.888. The van der Waals surface area contributed by atoms with Crippen molar-refractivity contribution in [3.05, 3.63) is 30.1 Å². The monoisotopic (exact) mass is 129 g/mol. The molecular formula is C6H8FNO. The van der Waals surface area contributed by atoms with Gasteiger partial charge in [0, 0.05) is 6.20 Å². The molecule has 0 amide bonds. The molecule has 1 N–H and O–H groups in total. The van der Waals surface area contributed by atoms with Crippen LogP contribution in [-0.2, 0) is 6.61 Å². The van der Waals surface area contributed by atoms with Crippen molar-refractivity contribution in [3.63, 3.8) is 0 Å². The molecule has 0 spiro atoms. The summed E-state index contributed by atoms with van der Waals surface area (Å²) in [4.78, 5) is 3.85. The molecule has 0 saturated carbocycles. The number of aliphatic hydroxyl groups excluding tert-OH is 1. The second-order valence-electron chi connectivity index (χ2n) is 1.48. The van der Waals surface area contributed by atoms with E-state index in [-0.39, 0.29) is 11.3 Å². The van der Waals surface area contributed by atoms with Gasteiger partial charge in [-0.05, 0) is 12.1 Å². The fourth-order valence-electron chi connectivity index (χ4n) is 0.492. The highest BCUT2D eigenvalue weighted by molar-refractivity contribution is 5.01. The summed E-state index contributed by atoms with van der Waals surface area (Å²) >= 11 is 0. The first-order valence-electron chi connectivity index (χ1n) is 2.44. The van der Waals surface area contributed by atoms with E-state index in [9.17, 15) is 0 Å². The van der Waals surface area contributed by atoms with Crippen molar-refractivity contribution in [1.29, 1.82) is 0 Å². The zero-order chi connectivity index (χ0) is 5.82. The summed E-state index contributed by atoms with van der Waals surface area (Å²) in [5.74, 6) is 0. The van der Waals surface area contributed by atoms with Crippen LogP contribution in [0.4, 0.5) is 4.70 Å². The second kappa shape index (κ2) is 3.97. The average Bonchev–Trinajstić information content (AvgIpc) is 1.90. The van der Waals surface area contributed by atoms with Gasteiger partial charge in [-0.3, -0.25) is 9.69 Å². The minimum absolute atomic E-state index is 0. The SMILES string of the molecule is F.OCc1ccccn1. The van der Waals surface area contributed by atoms with Crippen LogP contribution in [0, 0.1) is 0 Å². The molecule has 0 aliphatic heterocycles. The van der Waals surface area contributed by atoms with Gasteiger partial charge in [0.1, 0.15) is 0 Å². The van der Waals surface area contributed by atoms with Crippen molar-refractivity contribution in [2.45, 2.75) is 6.61 Å². The topological polar surface area (TPSA) is 33.1 Å². The molecule has 0 radical (unpaired) electrons. The first kappa shape index (κ1) is 8.04. The van der Waals surface area contributed by atoms with Crippen LogP contribution in [0.3, 0.4) is 0 Å². The van der Waals surface area contributed by atoms with Crippen LogP contribution >= 0.6 is 0 Å². The van der Waals surface area contributed by atoms with Crippen LogP contribution in [0.2, 0.25) is 0 Å². The predicted molar refractivity (Wildman–Crippen MR) is 32.7 cm³/mol. The second-order valence-corrected chi connectivity index (χ2v) is 1.48. The summed E-state index contributed by atoms with van der Waals surface area (Å²) in [7, 11) is 0. The number of nitrogens with zero attached hydrogens (tertiary/aromatic N) is 1. The van der Waals surface area contributed by atoms with Gasteiger partial charge in [-0.25, -0.2) is 0 Å². The molecule has 9 heavy (non-hydrogen) atoms. The van der Waals surface area contributed by atoms with Crippen LogP contribution in [-0.4, -0.2) is 10.1 Å². The van der Waals surface area contributed by atoms with Crippen LogP contribution in [0.1, 0.15) is 5.69 Å². The fourth-order valence-corrected chi connectivity index (χ4v) is 0.492. The number of rotatable bonds is 1. The van der Waals surface area contributed by atoms with Crippen LogP contribution in [0.5, 0.6) is 0 Å². The Kier molecular flexibility index (Phi) is 3.55. The third-order valence-corrected chi connectivity index (χ3v) is 0.888. The third kappa shape index (κ3) is 2.19. The molecule has 0 unspecified atom stereocenters. The zero-order valence-corrected chi connectivity index (χ0v) is 4.82. The number of halogens is 1. The normalized spacial score (nSPS) is 8.11. The molecule has 0 aliphatic carbocycles. The highest BCUT2D eigenvalue weighted by Crippen LogP contribution is 1.89. The van der Waals surface area contributed by atoms with Crippen molar-refractivity contribution >= 4 is 0 Å². The molecule has 1 heterocycles. The Morgan fingerprint density at radius 2 is 2.22 bits per heavy atom. The van der Waals surface area contributed by atoms with Gasteiger partial charge in [-0.15, -0.1) is 0 Å². The van der Waals surface area contributed by atoms with E-state index in [4.69, 9.17) is 5.11 Å². The lowest BCUT2D eigenvalue weighted by molar-refractivity contribution is 0.277. The number of hydrogen-bond acceptors (Lipinski definition) is 2. The van der Waals surface area contributed by atoms with Gasteiger partial charge in [-0.2, -0.15) is 0 Å². The molecule has 1 rings (SSSR count). The van der Waals surface area contributed by atoms with Crippen molar-refractivity contribution in [1.82, 2.24) is 4.98 Å². The maximum absolute atomic E-state index is 8.48. The minimum Gasteiger partial charge on any atom is -0.390 e. The Balaban J connectivity index is 0.000000640. The Morgan fingerprint density at radius 3 is 2.56 bits per heavy atom. The molecule has 1 aromatic rings. The summed E-state index contributed by atoms with van der Waals surface area (Å²) in [6.45, 7) is 0.0286. The molecule has 0 atom stereocenters. The van der Waals surface area contributed by atoms with Gasteiger partial charge in [0.25, 0.3) is 0 Å². The van der Waals surface area contributed by atoms with Gasteiger partial charge in [0.15, 0.2) is 0 Å². The quantitative estimate of drug-likeness (QED) is 0.606. The molecule has 0 saturated heterocycles. The van der Waals surface area contributed by atoms with Gasteiger partial charge in [-0.1, -0.05) is 6.07 Å². The van der Waals surface area contributed by atoms with E-state index in [1.165, 1.54) is 0 Å². The van der Waals surface area contributed by atoms with Crippen molar-refractivity contribution < 1.29 is 9.81 Å². The smallest absolute Gasteiger partial charge is 0.0852 e. The van der Waals surface area contributed by atoms with E-state index < -0.39 is 0 Å². The van der Waals surface area contributed by atoms with Crippen molar-refractivity contribution in [3.8, 4) is 0 Å². The highest BCUT2D eigenvalue weighted by Gasteiger charge is 1.82. The molecular weight excluding hydrogens is 121 g/mol. The van der Waals surface area contributed by atoms with Gasteiger partial charge in [0.2, 0.25) is 0 Å². The van der Waals surface area contributed by atoms with E-state index in [1.54, 1.807) is 12.3 Å². The average molecular weight is 129 g/mol. The van der Waals surface area contributed by atoms with Crippen LogP contribution in [0.15, 0.2) is 24.4 Å². The molecule has 50 valence electrons. The minimum atomic E-state index is 0. The Labute approximate surface area is 52.5 Å². The fraction of sp³-hybridized carbons (Fsp3) is 0.167. The molecule has 0 fully saturated rings. The molecule has 3 heteroatoms. The molecule has 1 aromatic heterocycles. The number of aliphatic hydroxyl groups is 1. The van der Waals surface area contributed by atoms with E-state index in [2.05, 4.69) is 4.98 Å². The van der Waals surface area contributed by atoms with Crippen LogP contribution < -0.4 is 0 Å². The van der Waals surface area contributed by atoms with E-state index in [0.29, 0.717) is 5.69 Å². The lowest BCUT2D eigenvalue weighted by Crippen LogP contribution is -1.84. The van der Waals surface area contributed by atoms with Gasteiger partial charge < -0.3 is 5.11 Å². The number of hydrogen-bond donors (Lipinski definition) is 1. The van der Waals surface area contributed by atoms with Gasteiger partial charge >= 0.3 is 0 Å². The molecule has 0 aromatic carbocycles. The zero-order valence-electron chi connectivity index (χ0n) is 4.82. The number of pyridine rings is 1. The Morgan fingerprint density at radius 1 is 1.44 bits per heavy atom. The standard InChI is InChI=1S/C6H7NO.FH/c8-5-6-3-1-2-4-7-6;/h1-4,8H,5H2;1H. The van der Waals surface area contributed by atoms with E-state index in [0.717, 1.165) is 0 Å². The molecule has 2 nitrogen and oxygen atoms in total. The maximum atomic E-state index is 8.48. The Hall–Kier alpha value is -0.960. The summed E-state index contributed by atoms with van der Waals surface area (Å²) in [6, 6.07) is 5.44. The largest absolute Gasteiger partial charge is 0.390 e. The number of aromatic nitrogens is 1. The summed E-state index contributed by atoms with van der Waals surface area (Å²) in [5.41, 5.74) is 0.715. The lowest BCUT2D eigenvalue weighted by Gasteiger charge is -1.88. The van der Waals surface area contributed by atoms with Crippen LogP contribution in [0.25, 0.3) is 0 Å². The summed E-state index contributed by atoms with van der Waals surface area (Å²) < 4.78 is 0. The summed E-state index contributed by atoms with van der Waals surface area (Å²) in [5, 5.41) is 8.48. The van der Waals surface area contributed by atoms with Gasteiger partial charge in [0.05, 0.1) is 12.3 Å². The highest BCUT2D eigenvalue weighted by atomic mass is 19.0. The first-order valence-corrected chi connectivity index (χ1v) is 2.44. The van der Waals surface area contributed by atoms with E-state index in [1.807, 2.05) is 12.1 Å². The molecule has 0 bridgehead atoms. The summed E-state index contributed by atoms with van der Waals surface area (Å²) in [6.07, 6.45) is 1.66. The van der Waals surface area contributed by atoms with Crippen molar-refractivity contribution in [2.75, 3.05) is 0 Å². The lowest BCUT2D eigenvalue weighted by atomic mass is 10.4. The van der Waals surface area contributed by atoms with Crippen molar-refractivity contribution in [2.24, 2.45) is 0 Å². The van der Waals surface area contributed by atoms with E-state index >= 15 is 0 Å². The Bertz CT molecular complexity index is 154. The maximum Gasteiger partial charge on any atom is 0.0852 e. The predicted octanol–water partition coefficient (Wildman–Crippen LogP) is 0.726. The molecule has 0 aliphatic rings. The first-order chi connectivity index (χ1) is 3.93.